The molecule has 2 rings (SSSR count). The highest BCUT2D eigenvalue weighted by atomic mass is 16.7. The Morgan fingerprint density at radius 2 is 1.71 bits per heavy atom. The van der Waals surface area contributed by atoms with Crippen LogP contribution in [0.25, 0.3) is 0 Å². The number of hydrogen-bond acceptors (Lipinski definition) is 3. The zero-order chi connectivity index (χ0) is 15.7. The van der Waals surface area contributed by atoms with Crippen molar-refractivity contribution in [3.63, 3.8) is 0 Å². The Labute approximate surface area is 126 Å². The lowest BCUT2D eigenvalue weighted by molar-refractivity contribution is -0.115. The maximum absolute atomic E-state index is 11.5. The van der Waals surface area contributed by atoms with E-state index in [4.69, 9.17) is 9.31 Å². The first-order valence-corrected chi connectivity index (χ1v) is 7.11. The number of carbonyl (C=O) groups is 1. The zero-order valence-corrected chi connectivity index (χ0v) is 13.1. The Bertz CT molecular complexity index is 521. The number of rotatable bonds is 4. The molecule has 4 nitrogen and oxygen atoms in total. The summed E-state index contributed by atoms with van der Waals surface area (Å²) in [5.41, 5.74) is 0.987. The van der Waals surface area contributed by atoms with Crippen LogP contribution in [0.15, 0.2) is 36.9 Å². The summed E-state index contributed by atoms with van der Waals surface area (Å²) in [5, 5.41) is 2.80. The molecule has 0 bridgehead atoms. The molecule has 1 heterocycles. The second-order valence-corrected chi connectivity index (χ2v) is 6.25. The van der Waals surface area contributed by atoms with Gasteiger partial charge in [0.15, 0.2) is 0 Å². The number of carbonyl (C=O) groups excluding carboxylic acids is 1. The molecule has 1 aromatic rings. The molecule has 0 aliphatic carbocycles. The van der Waals surface area contributed by atoms with Crippen molar-refractivity contribution < 1.29 is 14.1 Å². The van der Waals surface area contributed by atoms with Gasteiger partial charge in [0, 0.05) is 12.1 Å². The Balaban J connectivity index is 2.07. The molecule has 1 saturated heterocycles. The number of amides is 1. The van der Waals surface area contributed by atoms with E-state index >= 15 is 0 Å². The van der Waals surface area contributed by atoms with E-state index in [9.17, 15) is 4.79 Å². The van der Waals surface area contributed by atoms with Gasteiger partial charge in [-0.1, -0.05) is 18.2 Å². The third kappa shape index (κ3) is 3.36. The first kappa shape index (κ1) is 15.8. The fraction of sp³-hybridized carbons (Fsp3) is 0.438. The topological polar surface area (TPSA) is 47.6 Å². The monoisotopic (exact) mass is 287 g/mol. The number of anilines is 1. The van der Waals surface area contributed by atoms with Crippen molar-refractivity contribution in [1.82, 2.24) is 0 Å². The minimum Gasteiger partial charge on any atom is -0.399 e. The highest BCUT2D eigenvalue weighted by Gasteiger charge is 2.51. The maximum Gasteiger partial charge on any atom is 0.494 e. The number of hydrogen-bond donors (Lipinski definition) is 1. The van der Waals surface area contributed by atoms with Crippen molar-refractivity contribution in [2.24, 2.45) is 0 Å². The van der Waals surface area contributed by atoms with Crippen LogP contribution < -0.4 is 10.8 Å². The Morgan fingerprint density at radius 3 is 2.19 bits per heavy atom. The van der Waals surface area contributed by atoms with Gasteiger partial charge in [-0.25, -0.2) is 0 Å². The first-order valence-electron chi connectivity index (χ1n) is 7.11. The summed E-state index contributed by atoms with van der Waals surface area (Å²) in [6.45, 7) is 11.6. The molecule has 0 unspecified atom stereocenters. The van der Waals surface area contributed by atoms with Crippen molar-refractivity contribution in [3.8, 4) is 0 Å². The molecule has 1 N–H and O–H groups in total. The molecule has 1 aliphatic rings. The smallest absolute Gasteiger partial charge is 0.399 e. The third-order valence-corrected chi connectivity index (χ3v) is 4.05. The van der Waals surface area contributed by atoms with E-state index in [0.29, 0.717) is 6.42 Å². The Hall–Kier alpha value is -1.59. The second-order valence-electron chi connectivity index (χ2n) is 6.25. The van der Waals surface area contributed by atoms with Crippen molar-refractivity contribution in [3.05, 3.63) is 36.9 Å². The number of nitrogens with one attached hydrogen (secondary N) is 1. The van der Waals surface area contributed by atoms with Crippen molar-refractivity contribution in [2.45, 2.75) is 45.3 Å². The van der Waals surface area contributed by atoms with Crippen LogP contribution >= 0.6 is 0 Å². The lowest BCUT2D eigenvalue weighted by Gasteiger charge is -2.32. The predicted octanol–water partition coefficient (Wildman–Crippen LogP) is 2.50. The summed E-state index contributed by atoms with van der Waals surface area (Å²) >= 11 is 0. The standard InChI is InChI=1S/C16H22BNO3/c1-6-7-14(19)18-13-10-8-12(9-11-13)17-20-15(2,3)16(4,5)21-17/h6,8-11H,1,7H2,2-5H3,(H,18,19). The first-order chi connectivity index (χ1) is 9.75. The normalized spacial score (nSPS) is 19.3. The van der Waals surface area contributed by atoms with Gasteiger partial charge >= 0.3 is 7.12 Å². The zero-order valence-electron chi connectivity index (χ0n) is 13.1. The van der Waals surface area contributed by atoms with Crippen molar-refractivity contribution in [1.29, 1.82) is 0 Å². The summed E-state index contributed by atoms with van der Waals surface area (Å²) in [7, 11) is -0.382. The second kappa shape index (κ2) is 5.66. The average molecular weight is 287 g/mol. The predicted molar refractivity (Wildman–Crippen MR) is 85.6 cm³/mol. The van der Waals surface area contributed by atoms with Gasteiger partial charge in [-0.3, -0.25) is 4.79 Å². The van der Waals surface area contributed by atoms with Crippen LogP contribution in [-0.2, 0) is 14.1 Å². The molecule has 5 heteroatoms. The van der Waals surface area contributed by atoms with Crippen LogP contribution in [0.3, 0.4) is 0 Å². The third-order valence-electron chi connectivity index (χ3n) is 4.05. The number of benzene rings is 1. The molecule has 112 valence electrons. The van der Waals surface area contributed by atoms with Crippen LogP contribution in [0.1, 0.15) is 34.1 Å². The lowest BCUT2D eigenvalue weighted by Crippen LogP contribution is -2.41. The van der Waals surface area contributed by atoms with Gasteiger partial charge in [-0.2, -0.15) is 0 Å². The quantitative estimate of drug-likeness (QED) is 0.683. The molecule has 0 radical (unpaired) electrons. The van der Waals surface area contributed by atoms with Crippen LogP contribution in [0, 0.1) is 0 Å². The van der Waals surface area contributed by atoms with E-state index in [1.807, 2.05) is 52.0 Å². The van der Waals surface area contributed by atoms with Crippen molar-refractivity contribution in [2.75, 3.05) is 5.32 Å². The lowest BCUT2D eigenvalue weighted by atomic mass is 9.79. The Kier molecular flexibility index (Phi) is 4.26. The van der Waals surface area contributed by atoms with Crippen LogP contribution in [0.2, 0.25) is 0 Å². The van der Waals surface area contributed by atoms with Gasteiger partial charge in [0.05, 0.1) is 11.2 Å². The minimum atomic E-state index is -0.382. The van der Waals surface area contributed by atoms with Gasteiger partial charge in [-0.15, -0.1) is 6.58 Å². The molecule has 1 amide bonds. The van der Waals surface area contributed by atoms with E-state index in [1.165, 1.54) is 0 Å². The molecule has 0 atom stereocenters. The maximum atomic E-state index is 11.5. The molecule has 1 aliphatic heterocycles. The highest BCUT2D eigenvalue weighted by molar-refractivity contribution is 6.62. The van der Waals surface area contributed by atoms with E-state index in [0.717, 1.165) is 11.2 Å². The van der Waals surface area contributed by atoms with E-state index in [-0.39, 0.29) is 24.2 Å². The van der Waals surface area contributed by atoms with E-state index < -0.39 is 0 Å². The van der Waals surface area contributed by atoms with Crippen molar-refractivity contribution >= 4 is 24.2 Å². The molecule has 0 saturated carbocycles. The Morgan fingerprint density at radius 1 is 1.19 bits per heavy atom. The molecular weight excluding hydrogens is 265 g/mol. The molecule has 0 spiro atoms. The van der Waals surface area contributed by atoms with Gasteiger partial charge < -0.3 is 14.6 Å². The molecule has 0 aromatic heterocycles. The summed E-state index contributed by atoms with van der Waals surface area (Å²) in [6.07, 6.45) is 1.88. The van der Waals surface area contributed by atoms with Gasteiger partial charge in [0.2, 0.25) is 5.91 Å². The SMILES string of the molecule is C=CCC(=O)Nc1ccc(B2OC(C)(C)C(C)(C)O2)cc1. The fourth-order valence-electron chi connectivity index (χ4n) is 2.05. The minimum absolute atomic E-state index is 0.0756. The summed E-state index contributed by atoms with van der Waals surface area (Å²) < 4.78 is 12.0. The van der Waals surface area contributed by atoms with E-state index in [1.54, 1.807) is 6.08 Å². The summed E-state index contributed by atoms with van der Waals surface area (Å²) in [6, 6.07) is 7.51. The van der Waals surface area contributed by atoms with Crippen LogP contribution in [-0.4, -0.2) is 24.2 Å². The van der Waals surface area contributed by atoms with E-state index in [2.05, 4.69) is 11.9 Å². The summed E-state index contributed by atoms with van der Waals surface area (Å²) in [4.78, 5) is 11.5. The van der Waals surface area contributed by atoms with Crippen LogP contribution in [0.5, 0.6) is 0 Å². The molecule has 1 fully saturated rings. The van der Waals surface area contributed by atoms with Crippen LogP contribution in [0.4, 0.5) is 5.69 Å². The molecule has 1 aromatic carbocycles. The van der Waals surface area contributed by atoms with Gasteiger partial charge in [0.25, 0.3) is 0 Å². The fourth-order valence-corrected chi connectivity index (χ4v) is 2.05. The summed E-state index contributed by atoms with van der Waals surface area (Å²) in [5.74, 6) is -0.0756. The van der Waals surface area contributed by atoms with Gasteiger partial charge in [-0.05, 0) is 45.3 Å². The highest BCUT2D eigenvalue weighted by Crippen LogP contribution is 2.36. The average Bonchev–Trinajstić information content (AvgIpc) is 2.59. The molecular formula is C16H22BNO3. The largest absolute Gasteiger partial charge is 0.494 e. The van der Waals surface area contributed by atoms with Gasteiger partial charge in [0.1, 0.15) is 0 Å². The molecule has 21 heavy (non-hydrogen) atoms.